The molecule has 0 bridgehead atoms. The third-order valence-electron chi connectivity index (χ3n) is 2.97. The molecule has 1 heterocycles. The fraction of sp³-hybridized carbons (Fsp3) is 0.286. The van der Waals surface area contributed by atoms with Gasteiger partial charge >= 0.3 is 5.97 Å². The summed E-state index contributed by atoms with van der Waals surface area (Å²) < 4.78 is 54.5. The number of hydrogen-bond donors (Lipinski definition) is 1. The average Bonchev–Trinajstić information content (AvgIpc) is 2.93. The minimum Gasteiger partial charge on any atom is -0.466 e. The highest BCUT2D eigenvalue weighted by molar-refractivity contribution is 7.93. The second-order valence-electron chi connectivity index (χ2n) is 4.97. The normalized spacial score (nSPS) is 11.9. The molecular weight excluding hydrogens is 388 g/mol. The van der Waals surface area contributed by atoms with Crippen LogP contribution in [0.5, 0.6) is 0 Å². The highest BCUT2D eigenvalue weighted by atomic mass is 32.2. The summed E-state index contributed by atoms with van der Waals surface area (Å²) in [6.07, 6.45) is 0.991. The molecule has 8 nitrogen and oxygen atoms in total. The lowest BCUT2D eigenvalue weighted by Gasteiger charge is -2.06. The maximum Gasteiger partial charge on any atom is 0.311 e. The number of aromatic nitrogens is 1. The van der Waals surface area contributed by atoms with Crippen molar-refractivity contribution in [2.24, 2.45) is 0 Å². The predicted molar refractivity (Wildman–Crippen MR) is 92.8 cm³/mol. The van der Waals surface area contributed by atoms with Crippen molar-refractivity contribution in [1.82, 2.24) is 4.98 Å². The Labute approximate surface area is 149 Å². The van der Waals surface area contributed by atoms with Gasteiger partial charge in [0.25, 0.3) is 10.0 Å². The molecule has 1 aromatic heterocycles. The highest BCUT2D eigenvalue weighted by Crippen LogP contribution is 2.21. The van der Waals surface area contributed by atoms with Crippen LogP contribution in [0.4, 0.5) is 5.13 Å². The molecule has 1 N–H and O–H groups in total. The van der Waals surface area contributed by atoms with Crippen LogP contribution < -0.4 is 4.72 Å². The first-order chi connectivity index (χ1) is 11.6. The molecule has 0 amide bonds. The van der Waals surface area contributed by atoms with Crippen molar-refractivity contribution in [3.63, 3.8) is 0 Å². The lowest BCUT2D eigenvalue weighted by molar-refractivity contribution is -0.142. The van der Waals surface area contributed by atoms with E-state index in [9.17, 15) is 21.6 Å². The molecule has 2 rings (SSSR count). The molecule has 0 saturated carbocycles. The summed E-state index contributed by atoms with van der Waals surface area (Å²) in [5, 5.41) is 1.66. The van der Waals surface area contributed by atoms with E-state index in [-0.39, 0.29) is 28.0 Å². The van der Waals surface area contributed by atoms with Crippen molar-refractivity contribution in [1.29, 1.82) is 0 Å². The van der Waals surface area contributed by atoms with Crippen molar-refractivity contribution < 1.29 is 26.4 Å². The predicted octanol–water partition coefficient (Wildman–Crippen LogP) is 1.45. The van der Waals surface area contributed by atoms with Gasteiger partial charge in [0.05, 0.1) is 28.5 Å². The van der Waals surface area contributed by atoms with Gasteiger partial charge in [-0.05, 0) is 31.2 Å². The van der Waals surface area contributed by atoms with E-state index in [2.05, 4.69) is 9.71 Å². The SMILES string of the molecule is CCOC(=O)Cc1csc(NS(=O)(=O)c2ccc(S(C)(=O)=O)cc2)n1. The molecule has 0 aliphatic heterocycles. The van der Waals surface area contributed by atoms with Gasteiger partial charge in [-0.25, -0.2) is 21.8 Å². The van der Waals surface area contributed by atoms with Crippen LogP contribution in [0.25, 0.3) is 0 Å². The molecule has 0 atom stereocenters. The van der Waals surface area contributed by atoms with E-state index in [4.69, 9.17) is 4.74 Å². The van der Waals surface area contributed by atoms with Gasteiger partial charge in [-0.2, -0.15) is 0 Å². The summed E-state index contributed by atoms with van der Waals surface area (Å²) in [4.78, 5) is 15.4. The van der Waals surface area contributed by atoms with E-state index in [1.54, 1.807) is 12.3 Å². The second kappa shape index (κ2) is 7.50. The molecule has 0 fully saturated rings. The highest BCUT2D eigenvalue weighted by Gasteiger charge is 2.18. The van der Waals surface area contributed by atoms with E-state index < -0.39 is 25.8 Å². The molecule has 0 saturated heterocycles. The Morgan fingerprint density at radius 2 is 1.76 bits per heavy atom. The first kappa shape index (κ1) is 19.3. The van der Waals surface area contributed by atoms with Crippen LogP contribution in [-0.4, -0.2) is 40.7 Å². The number of benzene rings is 1. The van der Waals surface area contributed by atoms with E-state index in [1.165, 1.54) is 24.3 Å². The maximum absolute atomic E-state index is 12.3. The van der Waals surface area contributed by atoms with Crippen LogP contribution in [-0.2, 0) is 35.8 Å². The number of esters is 1. The quantitative estimate of drug-likeness (QED) is 0.694. The summed E-state index contributed by atoms with van der Waals surface area (Å²) in [5.41, 5.74) is 0.397. The molecule has 0 unspecified atom stereocenters. The average molecular weight is 404 g/mol. The minimum atomic E-state index is -3.91. The first-order valence-corrected chi connectivity index (χ1v) is 11.3. The van der Waals surface area contributed by atoms with E-state index in [1.807, 2.05) is 0 Å². The number of nitrogens with zero attached hydrogens (tertiary/aromatic N) is 1. The minimum absolute atomic E-state index is 0.0254. The van der Waals surface area contributed by atoms with Crippen molar-refractivity contribution in [2.45, 2.75) is 23.1 Å². The molecule has 11 heteroatoms. The van der Waals surface area contributed by atoms with Gasteiger partial charge in [0.15, 0.2) is 15.0 Å². The van der Waals surface area contributed by atoms with Crippen molar-refractivity contribution in [2.75, 3.05) is 17.6 Å². The molecule has 25 heavy (non-hydrogen) atoms. The third kappa shape index (κ3) is 5.25. The summed E-state index contributed by atoms with van der Waals surface area (Å²) in [6.45, 7) is 1.94. The summed E-state index contributed by atoms with van der Waals surface area (Å²) in [6, 6.07) is 4.84. The van der Waals surface area contributed by atoms with Crippen LogP contribution in [0.3, 0.4) is 0 Å². The van der Waals surface area contributed by atoms with Crippen molar-refractivity contribution in [3.8, 4) is 0 Å². The monoisotopic (exact) mass is 404 g/mol. The van der Waals surface area contributed by atoms with E-state index in [0.717, 1.165) is 17.6 Å². The molecule has 136 valence electrons. The van der Waals surface area contributed by atoms with E-state index in [0.29, 0.717) is 5.69 Å². The lowest BCUT2D eigenvalue weighted by atomic mass is 10.3. The molecule has 1 aromatic carbocycles. The topological polar surface area (TPSA) is 119 Å². The second-order valence-corrected chi connectivity index (χ2v) is 9.53. The summed E-state index contributed by atoms with van der Waals surface area (Å²) in [5.74, 6) is -0.446. The largest absolute Gasteiger partial charge is 0.466 e. The Balaban J connectivity index is 2.14. The number of rotatable bonds is 7. The zero-order valence-electron chi connectivity index (χ0n) is 13.4. The molecular formula is C14H16N2O6S3. The number of sulfone groups is 1. The number of anilines is 1. The van der Waals surface area contributed by atoms with Crippen molar-refractivity contribution in [3.05, 3.63) is 35.3 Å². The number of nitrogens with one attached hydrogen (secondary N) is 1. The van der Waals surface area contributed by atoms with Gasteiger partial charge in [-0.3, -0.25) is 9.52 Å². The van der Waals surface area contributed by atoms with Crippen LogP contribution in [0.2, 0.25) is 0 Å². The Morgan fingerprint density at radius 1 is 1.16 bits per heavy atom. The van der Waals surface area contributed by atoms with Crippen LogP contribution in [0.15, 0.2) is 39.4 Å². The zero-order valence-corrected chi connectivity index (χ0v) is 15.9. The lowest BCUT2D eigenvalue weighted by Crippen LogP contribution is -2.13. The van der Waals surface area contributed by atoms with Gasteiger partial charge in [-0.15, -0.1) is 11.3 Å². The number of carbonyl (C=O) groups is 1. The molecule has 0 aliphatic carbocycles. The molecule has 2 aromatic rings. The summed E-state index contributed by atoms with van der Waals surface area (Å²) >= 11 is 1.03. The maximum atomic E-state index is 12.3. The molecule has 0 aliphatic rings. The smallest absolute Gasteiger partial charge is 0.311 e. The number of hydrogen-bond acceptors (Lipinski definition) is 8. The Hall–Kier alpha value is -1.98. The summed E-state index contributed by atoms with van der Waals surface area (Å²) in [7, 11) is -7.32. The van der Waals surface area contributed by atoms with Gasteiger partial charge in [0.1, 0.15) is 0 Å². The number of thiazole rings is 1. The van der Waals surface area contributed by atoms with Crippen LogP contribution in [0.1, 0.15) is 12.6 Å². The molecule has 0 radical (unpaired) electrons. The van der Waals surface area contributed by atoms with Crippen LogP contribution in [0, 0.1) is 0 Å². The Bertz CT molecular complexity index is 962. The van der Waals surface area contributed by atoms with Gasteiger partial charge < -0.3 is 4.74 Å². The number of ether oxygens (including phenoxy) is 1. The fourth-order valence-electron chi connectivity index (χ4n) is 1.83. The van der Waals surface area contributed by atoms with Crippen molar-refractivity contribution >= 4 is 42.3 Å². The first-order valence-electron chi connectivity index (χ1n) is 7.05. The standard InChI is InChI=1S/C14H16N2O6S3/c1-3-22-13(17)8-10-9-23-14(15-10)16-25(20,21)12-6-4-11(5-7-12)24(2,18)19/h4-7,9H,3,8H2,1-2H3,(H,15,16). The number of sulfonamides is 1. The van der Waals surface area contributed by atoms with Gasteiger partial charge in [-0.1, -0.05) is 0 Å². The Morgan fingerprint density at radius 3 is 2.32 bits per heavy atom. The molecule has 0 spiro atoms. The number of carbonyl (C=O) groups excluding carboxylic acids is 1. The van der Waals surface area contributed by atoms with E-state index >= 15 is 0 Å². The fourth-order valence-corrected chi connectivity index (χ4v) is 4.43. The zero-order chi connectivity index (χ0) is 18.7. The third-order valence-corrected chi connectivity index (χ3v) is 6.39. The van der Waals surface area contributed by atoms with Gasteiger partial charge in [0, 0.05) is 11.6 Å². The van der Waals surface area contributed by atoms with Crippen LogP contribution >= 0.6 is 11.3 Å². The van der Waals surface area contributed by atoms with Gasteiger partial charge in [0.2, 0.25) is 0 Å². The Kier molecular flexibility index (Phi) is 5.80.